The molecule has 4 aromatic rings. The van der Waals surface area contributed by atoms with Gasteiger partial charge in [-0.2, -0.15) is 5.10 Å². The van der Waals surface area contributed by atoms with Gasteiger partial charge in [0.25, 0.3) is 0 Å². The van der Waals surface area contributed by atoms with Crippen molar-refractivity contribution in [2.45, 2.75) is 19.4 Å². The van der Waals surface area contributed by atoms with Crippen LogP contribution in [0.1, 0.15) is 29.4 Å². The van der Waals surface area contributed by atoms with Gasteiger partial charge in [0, 0.05) is 18.2 Å². The molecule has 2 aromatic heterocycles. The Kier molecular flexibility index (Phi) is 5.19. The van der Waals surface area contributed by atoms with E-state index < -0.39 is 0 Å². The van der Waals surface area contributed by atoms with Gasteiger partial charge in [-0.15, -0.1) is 0 Å². The van der Waals surface area contributed by atoms with Crippen LogP contribution < -0.4 is 9.47 Å². The molecule has 0 unspecified atom stereocenters. The molecule has 0 fully saturated rings. The van der Waals surface area contributed by atoms with Crippen LogP contribution in [0.4, 0.5) is 5.82 Å². The summed E-state index contributed by atoms with van der Waals surface area (Å²) in [6.45, 7) is 2.03. The molecule has 0 spiro atoms. The van der Waals surface area contributed by atoms with Gasteiger partial charge in [0.2, 0.25) is 0 Å². The number of fused-ring (bicyclic) bond motifs is 1. The van der Waals surface area contributed by atoms with Crippen molar-refractivity contribution < 1.29 is 9.47 Å². The largest absolute Gasteiger partial charge is 0.497 e. The van der Waals surface area contributed by atoms with Crippen LogP contribution >= 0.6 is 0 Å². The molecule has 1 aliphatic rings. The van der Waals surface area contributed by atoms with E-state index in [1.807, 2.05) is 66.3 Å². The second-order valence-electron chi connectivity index (χ2n) is 7.72. The van der Waals surface area contributed by atoms with Crippen molar-refractivity contribution in [3.05, 3.63) is 89.9 Å². The van der Waals surface area contributed by atoms with Crippen molar-refractivity contribution in [3.8, 4) is 22.6 Å². The number of benzene rings is 2. The van der Waals surface area contributed by atoms with Crippen molar-refractivity contribution in [1.82, 2.24) is 14.8 Å². The van der Waals surface area contributed by atoms with Gasteiger partial charge in [-0.1, -0.05) is 30.3 Å². The summed E-state index contributed by atoms with van der Waals surface area (Å²) in [5.41, 5.74) is 6.00. The Balaban J connectivity index is 1.69. The highest BCUT2D eigenvalue weighted by molar-refractivity contribution is 6.04. The highest BCUT2D eigenvalue weighted by atomic mass is 16.5. The minimum Gasteiger partial charge on any atom is -0.497 e. The van der Waals surface area contributed by atoms with E-state index in [0.29, 0.717) is 6.42 Å². The van der Waals surface area contributed by atoms with Crippen molar-refractivity contribution in [2.75, 3.05) is 14.2 Å². The van der Waals surface area contributed by atoms with Crippen molar-refractivity contribution in [3.63, 3.8) is 0 Å². The highest BCUT2D eigenvalue weighted by Crippen LogP contribution is 2.41. The smallest absolute Gasteiger partial charge is 0.159 e. The van der Waals surface area contributed by atoms with E-state index in [9.17, 15) is 0 Å². The number of ether oxygens (including phenoxy) is 2. The molecule has 0 bridgehead atoms. The third kappa shape index (κ3) is 3.54. The third-order valence-electron chi connectivity index (χ3n) is 5.79. The summed E-state index contributed by atoms with van der Waals surface area (Å²) >= 11 is 0. The lowest BCUT2D eigenvalue weighted by atomic mass is 9.97. The fraction of sp³-hybridized carbons (Fsp3) is 0.192. The van der Waals surface area contributed by atoms with Crippen LogP contribution in [0.2, 0.25) is 0 Å². The Hall–Kier alpha value is -3.93. The van der Waals surface area contributed by atoms with Crippen LogP contribution in [0.25, 0.3) is 11.1 Å². The first kappa shape index (κ1) is 20.0. The van der Waals surface area contributed by atoms with E-state index in [1.54, 1.807) is 14.2 Å². The summed E-state index contributed by atoms with van der Waals surface area (Å²) in [5.74, 6) is 2.47. The van der Waals surface area contributed by atoms with E-state index in [-0.39, 0.29) is 6.04 Å². The first-order valence-electron chi connectivity index (χ1n) is 10.5. The lowest BCUT2D eigenvalue weighted by molar-refractivity contribution is 0.414. The predicted octanol–water partition coefficient (Wildman–Crippen LogP) is 5.38. The fourth-order valence-corrected chi connectivity index (χ4v) is 4.19. The average Bonchev–Trinajstić information content (AvgIpc) is 3.19. The van der Waals surface area contributed by atoms with E-state index in [4.69, 9.17) is 19.6 Å². The Morgan fingerprint density at radius 2 is 1.69 bits per heavy atom. The van der Waals surface area contributed by atoms with E-state index in [0.717, 1.165) is 51.1 Å². The monoisotopic (exact) mass is 424 g/mol. The number of hydrogen-bond acceptors (Lipinski definition) is 5. The molecule has 1 atom stereocenters. The second kappa shape index (κ2) is 8.30. The molecule has 1 aliphatic heterocycles. The van der Waals surface area contributed by atoms with Gasteiger partial charge < -0.3 is 9.47 Å². The minimum absolute atomic E-state index is 0.0457. The molecule has 160 valence electrons. The van der Waals surface area contributed by atoms with Gasteiger partial charge in [-0.05, 0) is 54.4 Å². The molecule has 0 N–H and O–H groups in total. The van der Waals surface area contributed by atoms with Gasteiger partial charge in [-0.25, -0.2) is 9.67 Å². The molecule has 6 nitrogen and oxygen atoms in total. The summed E-state index contributed by atoms with van der Waals surface area (Å²) in [6.07, 6.45) is 2.52. The zero-order valence-corrected chi connectivity index (χ0v) is 18.3. The summed E-state index contributed by atoms with van der Waals surface area (Å²) in [6, 6.07) is 22.0. The lowest BCUT2D eigenvalue weighted by Crippen LogP contribution is -2.22. The number of nitrogens with zero attached hydrogens (tertiary/aromatic N) is 4. The Morgan fingerprint density at radius 1 is 0.875 bits per heavy atom. The molecule has 2 aromatic carbocycles. The fourth-order valence-electron chi connectivity index (χ4n) is 4.19. The van der Waals surface area contributed by atoms with Gasteiger partial charge in [-0.3, -0.25) is 4.98 Å². The molecule has 6 heteroatoms. The molecule has 5 rings (SSSR count). The molecule has 0 radical (unpaired) electrons. The van der Waals surface area contributed by atoms with Gasteiger partial charge in [0.15, 0.2) is 5.82 Å². The Labute approximate surface area is 187 Å². The van der Waals surface area contributed by atoms with Crippen LogP contribution in [0, 0.1) is 6.92 Å². The number of aryl methyl sites for hydroxylation is 1. The summed E-state index contributed by atoms with van der Waals surface area (Å²) in [5, 5.41) is 4.90. The quantitative estimate of drug-likeness (QED) is 0.431. The van der Waals surface area contributed by atoms with Crippen molar-refractivity contribution >= 4 is 11.5 Å². The number of aliphatic imine (C=N–C) groups is 1. The number of aromatic nitrogens is 3. The molecule has 3 heterocycles. The topological polar surface area (TPSA) is 61.5 Å². The van der Waals surface area contributed by atoms with Crippen LogP contribution in [0.15, 0.2) is 77.9 Å². The molecule has 0 saturated carbocycles. The Morgan fingerprint density at radius 3 is 2.41 bits per heavy atom. The van der Waals surface area contributed by atoms with Crippen LogP contribution in [0.5, 0.6) is 11.5 Å². The molecule has 0 amide bonds. The van der Waals surface area contributed by atoms with Gasteiger partial charge in [0.05, 0.1) is 31.3 Å². The maximum absolute atomic E-state index is 5.45. The van der Waals surface area contributed by atoms with Crippen molar-refractivity contribution in [1.29, 1.82) is 0 Å². The van der Waals surface area contributed by atoms with E-state index in [2.05, 4.69) is 23.2 Å². The maximum atomic E-state index is 5.45. The molecular weight excluding hydrogens is 400 g/mol. The zero-order chi connectivity index (χ0) is 22.1. The first-order valence-corrected chi connectivity index (χ1v) is 10.5. The highest BCUT2D eigenvalue weighted by Gasteiger charge is 2.30. The van der Waals surface area contributed by atoms with Crippen LogP contribution in [0.3, 0.4) is 0 Å². The maximum Gasteiger partial charge on any atom is 0.159 e. The lowest BCUT2D eigenvalue weighted by Gasteiger charge is -2.24. The standard InChI is InChI=1S/C26H24N4O2/c1-17-25(18-10-12-20(31-2)13-11-18)26-28-23(19-7-6-8-21(15-19)32-3)16-24(30(26)29-17)22-9-4-5-14-27-22/h4-15,24H,16H2,1-3H3/t24-/m0/s1. The first-order chi connectivity index (χ1) is 15.7. The molecular formula is C26H24N4O2. The van der Waals surface area contributed by atoms with Crippen LogP contribution in [-0.4, -0.2) is 34.7 Å². The molecule has 32 heavy (non-hydrogen) atoms. The van der Waals surface area contributed by atoms with Crippen molar-refractivity contribution in [2.24, 2.45) is 4.99 Å². The average molecular weight is 425 g/mol. The number of rotatable bonds is 5. The number of hydrogen-bond donors (Lipinski definition) is 0. The minimum atomic E-state index is -0.0457. The van der Waals surface area contributed by atoms with Crippen LogP contribution in [-0.2, 0) is 0 Å². The summed E-state index contributed by atoms with van der Waals surface area (Å²) in [7, 11) is 3.35. The summed E-state index contributed by atoms with van der Waals surface area (Å²) < 4.78 is 12.8. The SMILES string of the molecule is COc1ccc(-c2c(C)nn3c2N=C(c2cccc(OC)c2)C[C@H]3c2ccccn2)cc1. The van der Waals surface area contributed by atoms with E-state index in [1.165, 1.54) is 0 Å². The molecule has 0 saturated heterocycles. The predicted molar refractivity (Wildman–Crippen MR) is 125 cm³/mol. The molecule has 0 aliphatic carbocycles. The summed E-state index contributed by atoms with van der Waals surface area (Å²) in [4.78, 5) is 9.75. The number of methoxy groups -OCH3 is 2. The zero-order valence-electron chi connectivity index (χ0n) is 18.3. The normalized spacial score (nSPS) is 15.1. The van der Waals surface area contributed by atoms with Gasteiger partial charge >= 0.3 is 0 Å². The third-order valence-corrected chi connectivity index (χ3v) is 5.79. The van der Waals surface area contributed by atoms with E-state index >= 15 is 0 Å². The Bertz CT molecular complexity index is 1280. The van der Waals surface area contributed by atoms with Gasteiger partial charge in [0.1, 0.15) is 17.5 Å². The number of pyridine rings is 1. The second-order valence-corrected chi connectivity index (χ2v) is 7.72.